The highest BCUT2D eigenvalue weighted by Crippen LogP contribution is 2.15. The Balaban J connectivity index is 2.67. The quantitative estimate of drug-likeness (QED) is 0.727. The molecular formula is C11H18N2O. The summed E-state index contributed by atoms with van der Waals surface area (Å²) in [6, 6.07) is 3.92. The molecule has 0 saturated carbocycles. The van der Waals surface area contributed by atoms with E-state index in [0.717, 1.165) is 36.6 Å². The maximum atomic E-state index is 5.23. The van der Waals surface area contributed by atoms with Gasteiger partial charge in [-0.3, -0.25) is 4.98 Å². The van der Waals surface area contributed by atoms with Gasteiger partial charge in [-0.05, 0) is 32.0 Å². The molecule has 1 aromatic heterocycles. The number of aryl methyl sites for hydroxylation is 1. The molecule has 1 rings (SSSR count). The van der Waals surface area contributed by atoms with Crippen molar-refractivity contribution in [2.75, 3.05) is 13.7 Å². The molecule has 0 spiro atoms. The van der Waals surface area contributed by atoms with Gasteiger partial charge in [0, 0.05) is 12.2 Å². The van der Waals surface area contributed by atoms with Crippen LogP contribution >= 0.6 is 0 Å². The molecule has 1 heterocycles. The second-order valence-corrected chi connectivity index (χ2v) is 3.28. The third kappa shape index (κ3) is 3.00. The van der Waals surface area contributed by atoms with Gasteiger partial charge in [0.25, 0.3) is 0 Å². The molecular weight excluding hydrogens is 176 g/mol. The third-order valence-corrected chi connectivity index (χ3v) is 2.01. The summed E-state index contributed by atoms with van der Waals surface area (Å²) < 4.78 is 5.23. The number of nitrogens with zero attached hydrogens (tertiary/aromatic N) is 1. The molecule has 0 fully saturated rings. The van der Waals surface area contributed by atoms with Crippen LogP contribution in [0.5, 0.6) is 5.75 Å². The van der Waals surface area contributed by atoms with Crippen LogP contribution in [0, 0.1) is 6.92 Å². The second-order valence-electron chi connectivity index (χ2n) is 3.28. The number of rotatable bonds is 5. The van der Waals surface area contributed by atoms with Gasteiger partial charge in [0.2, 0.25) is 0 Å². The zero-order chi connectivity index (χ0) is 10.4. The van der Waals surface area contributed by atoms with Crippen LogP contribution in [0.4, 0.5) is 0 Å². The largest absolute Gasteiger partial charge is 0.495 e. The Hall–Kier alpha value is -1.09. The molecule has 78 valence electrons. The van der Waals surface area contributed by atoms with E-state index in [4.69, 9.17) is 4.74 Å². The average Bonchev–Trinajstić information content (AvgIpc) is 2.19. The Morgan fingerprint density at radius 2 is 2.21 bits per heavy atom. The lowest BCUT2D eigenvalue weighted by Crippen LogP contribution is -2.15. The first kappa shape index (κ1) is 11.0. The van der Waals surface area contributed by atoms with E-state index in [2.05, 4.69) is 17.2 Å². The van der Waals surface area contributed by atoms with E-state index < -0.39 is 0 Å². The number of hydrogen-bond donors (Lipinski definition) is 1. The van der Waals surface area contributed by atoms with Crippen LogP contribution in [0.2, 0.25) is 0 Å². The van der Waals surface area contributed by atoms with Crippen molar-refractivity contribution in [3.63, 3.8) is 0 Å². The van der Waals surface area contributed by atoms with Crippen LogP contribution in [0.25, 0.3) is 0 Å². The number of aromatic nitrogens is 1. The van der Waals surface area contributed by atoms with E-state index in [0.29, 0.717) is 0 Å². The van der Waals surface area contributed by atoms with Crippen molar-refractivity contribution < 1.29 is 4.74 Å². The highest BCUT2D eigenvalue weighted by molar-refractivity contribution is 5.28. The van der Waals surface area contributed by atoms with E-state index in [1.165, 1.54) is 0 Å². The van der Waals surface area contributed by atoms with Gasteiger partial charge in [-0.1, -0.05) is 6.92 Å². The smallest absolute Gasteiger partial charge is 0.141 e. The SMILES string of the molecule is CCCNCc1nc(C)ccc1OC. The predicted molar refractivity (Wildman–Crippen MR) is 57.5 cm³/mol. The Bertz CT molecular complexity index is 287. The van der Waals surface area contributed by atoms with Crippen molar-refractivity contribution in [2.24, 2.45) is 0 Å². The average molecular weight is 194 g/mol. The Morgan fingerprint density at radius 1 is 1.43 bits per heavy atom. The fraction of sp³-hybridized carbons (Fsp3) is 0.545. The molecule has 0 aromatic carbocycles. The summed E-state index contributed by atoms with van der Waals surface area (Å²) in [5.41, 5.74) is 2.01. The number of pyridine rings is 1. The fourth-order valence-electron chi connectivity index (χ4n) is 1.29. The summed E-state index contributed by atoms with van der Waals surface area (Å²) in [7, 11) is 1.68. The van der Waals surface area contributed by atoms with Crippen molar-refractivity contribution >= 4 is 0 Å². The second kappa shape index (κ2) is 5.60. The van der Waals surface area contributed by atoms with Crippen LogP contribution < -0.4 is 10.1 Å². The van der Waals surface area contributed by atoms with Gasteiger partial charge in [-0.25, -0.2) is 0 Å². The maximum absolute atomic E-state index is 5.23. The van der Waals surface area contributed by atoms with Gasteiger partial charge in [-0.2, -0.15) is 0 Å². The molecule has 0 atom stereocenters. The molecule has 1 N–H and O–H groups in total. The first-order valence-electron chi connectivity index (χ1n) is 4.99. The molecule has 0 saturated heterocycles. The van der Waals surface area contributed by atoms with Crippen molar-refractivity contribution in [2.45, 2.75) is 26.8 Å². The van der Waals surface area contributed by atoms with Crippen molar-refractivity contribution in [3.05, 3.63) is 23.5 Å². The minimum Gasteiger partial charge on any atom is -0.495 e. The molecule has 0 unspecified atom stereocenters. The summed E-state index contributed by atoms with van der Waals surface area (Å²) in [5, 5.41) is 3.31. The van der Waals surface area contributed by atoms with E-state index in [9.17, 15) is 0 Å². The zero-order valence-electron chi connectivity index (χ0n) is 9.13. The lowest BCUT2D eigenvalue weighted by atomic mass is 10.3. The summed E-state index contributed by atoms with van der Waals surface area (Å²) >= 11 is 0. The summed E-state index contributed by atoms with van der Waals surface area (Å²) in [6.45, 7) is 5.92. The molecule has 0 amide bonds. The Kier molecular flexibility index (Phi) is 4.40. The van der Waals surface area contributed by atoms with E-state index in [-0.39, 0.29) is 0 Å². The monoisotopic (exact) mass is 194 g/mol. The molecule has 0 aliphatic carbocycles. The zero-order valence-corrected chi connectivity index (χ0v) is 9.13. The minimum atomic E-state index is 0.776. The van der Waals surface area contributed by atoms with Gasteiger partial charge in [0.15, 0.2) is 0 Å². The minimum absolute atomic E-state index is 0.776. The molecule has 3 heteroatoms. The normalized spacial score (nSPS) is 10.2. The van der Waals surface area contributed by atoms with Crippen LogP contribution in [0.3, 0.4) is 0 Å². The van der Waals surface area contributed by atoms with E-state index in [1.807, 2.05) is 19.1 Å². The van der Waals surface area contributed by atoms with Gasteiger partial charge in [0.1, 0.15) is 5.75 Å². The van der Waals surface area contributed by atoms with Crippen LogP contribution in [-0.4, -0.2) is 18.6 Å². The summed E-state index contributed by atoms with van der Waals surface area (Å²) in [6.07, 6.45) is 1.13. The highest BCUT2D eigenvalue weighted by atomic mass is 16.5. The lowest BCUT2D eigenvalue weighted by Gasteiger charge is -2.08. The van der Waals surface area contributed by atoms with Crippen molar-refractivity contribution in [3.8, 4) is 5.75 Å². The van der Waals surface area contributed by atoms with Gasteiger partial charge in [-0.15, -0.1) is 0 Å². The number of nitrogens with one attached hydrogen (secondary N) is 1. The number of methoxy groups -OCH3 is 1. The van der Waals surface area contributed by atoms with E-state index in [1.54, 1.807) is 7.11 Å². The van der Waals surface area contributed by atoms with Crippen LogP contribution in [-0.2, 0) is 6.54 Å². The first-order valence-corrected chi connectivity index (χ1v) is 4.99. The summed E-state index contributed by atoms with van der Waals surface area (Å²) in [5.74, 6) is 0.860. The van der Waals surface area contributed by atoms with Crippen LogP contribution in [0.15, 0.2) is 12.1 Å². The van der Waals surface area contributed by atoms with Crippen molar-refractivity contribution in [1.29, 1.82) is 0 Å². The molecule has 0 bridgehead atoms. The Morgan fingerprint density at radius 3 is 2.86 bits per heavy atom. The third-order valence-electron chi connectivity index (χ3n) is 2.01. The fourth-order valence-corrected chi connectivity index (χ4v) is 1.29. The van der Waals surface area contributed by atoms with Gasteiger partial charge >= 0.3 is 0 Å². The molecule has 0 aliphatic heterocycles. The molecule has 0 aliphatic rings. The topological polar surface area (TPSA) is 34.2 Å². The lowest BCUT2D eigenvalue weighted by molar-refractivity contribution is 0.404. The van der Waals surface area contributed by atoms with Gasteiger partial charge < -0.3 is 10.1 Å². The van der Waals surface area contributed by atoms with Crippen molar-refractivity contribution in [1.82, 2.24) is 10.3 Å². The molecule has 3 nitrogen and oxygen atoms in total. The van der Waals surface area contributed by atoms with Crippen LogP contribution in [0.1, 0.15) is 24.7 Å². The first-order chi connectivity index (χ1) is 6.77. The number of ether oxygens (including phenoxy) is 1. The predicted octanol–water partition coefficient (Wildman–Crippen LogP) is 1.90. The molecule has 1 aromatic rings. The Labute approximate surface area is 85.5 Å². The number of hydrogen-bond acceptors (Lipinski definition) is 3. The van der Waals surface area contributed by atoms with E-state index >= 15 is 0 Å². The molecule has 0 radical (unpaired) electrons. The standard InChI is InChI=1S/C11H18N2O/c1-4-7-12-8-10-11(14-3)6-5-9(2)13-10/h5-6,12H,4,7-8H2,1-3H3. The molecule has 14 heavy (non-hydrogen) atoms. The maximum Gasteiger partial charge on any atom is 0.141 e. The summed E-state index contributed by atoms with van der Waals surface area (Å²) in [4.78, 5) is 4.43. The highest BCUT2D eigenvalue weighted by Gasteiger charge is 2.03. The van der Waals surface area contributed by atoms with Gasteiger partial charge in [0.05, 0.1) is 12.8 Å².